The highest BCUT2D eigenvalue weighted by Crippen LogP contribution is 2.51. The molecule has 0 amide bonds. The Balaban J connectivity index is 1.16. The highest BCUT2D eigenvalue weighted by Gasteiger charge is 2.31. The van der Waals surface area contributed by atoms with Crippen molar-refractivity contribution < 1.29 is 0 Å². The zero-order valence-electron chi connectivity index (χ0n) is 29.1. The van der Waals surface area contributed by atoms with Crippen LogP contribution in [0.4, 0.5) is 0 Å². The van der Waals surface area contributed by atoms with Crippen LogP contribution in [0.15, 0.2) is 200 Å². The molecular formula is C53H34. The molecule has 1 aliphatic carbocycles. The molecule has 0 radical (unpaired) electrons. The smallest absolute Gasteiger partial charge is 0.0352 e. The summed E-state index contributed by atoms with van der Waals surface area (Å²) in [5.41, 5.74) is 14.2. The van der Waals surface area contributed by atoms with Crippen molar-refractivity contribution in [2.45, 2.75) is 5.92 Å². The fraction of sp³-hybridized carbons (Fsp3) is 0.0189. The Morgan fingerprint density at radius 3 is 1.70 bits per heavy atom. The maximum Gasteiger partial charge on any atom is 0.0352 e. The predicted octanol–water partition coefficient (Wildman–Crippen LogP) is 14.5. The maximum absolute atomic E-state index is 2.48. The first-order valence-corrected chi connectivity index (χ1v) is 18.5. The van der Waals surface area contributed by atoms with Crippen molar-refractivity contribution in [1.29, 1.82) is 0 Å². The number of hydrogen-bond acceptors (Lipinski definition) is 0. The molecule has 246 valence electrons. The molecule has 0 saturated carbocycles. The third-order valence-electron chi connectivity index (χ3n) is 11.4. The highest BCUT2D eigenvalue weighted by molar-refractivity contribution is 6.07. The molecule has 1 atom stereocenters. The van der Waals surface area contributed by atoms with E-state index in [0.29, 0.717) is 0 Å². The summed E-state index contributed by atoms with van der Waals surface area (Å²) >= 11 is 0. The molecule has 11 rings (SSSR count). The third kappa shape index (κ3) is 4.91. The van der Waals surface area contributed by atoms with Crippen LogP contribution in [0.1, 0.15) is 22.6 Å². The molecule has 0 fully saturated rings. The lowest BCUT2D eigenvalue weighted by Crippen LogP contribution is -2.00. The molecule has 0 nitrogen and oxygen atoms in total. The van der Waals surface area contributed by atoms with Crippen LogP contribution in [0.2, 0.25) is 0 Å². The standard InChI is InChI=1S/C53H34/c1-2-12-34(13-3-1)39-23-25-42-27-43(32-49(48(42)29-39)41-24-22-35-14-4-5-15-36(35)26-41)50-33-44(28-40-18-8-9-19-45(40)50)53-47-21-11-10-20-46(47)51-30-37-16-6-7-17-38(37)31-52(51)53/h1-33,53H. The third-order valence-corrected chi connectivity index (χ3v) is 11.4. The van der Waals surface area contributed by atoms with Gasteiger partial charge in [-0.2, -0.15) is 0 Å². The Kier molecular flexibility index (Phi) is 6.72. The Labute approximate surface area is 309 Å². The average Bonchev–Trinajstić information content (AvgIpc) is 3.55. The molecule has 0 aliphatic heterocycles. The summed E-state index contributed by atoms with van der Waals surface area (Å²) in [6, 6.07) is 74.5. The van der Waals surface area contributed by atoms with Gasteiger partial charge >= 0.3 is 0 Å². The molecule has 0 aromatic heterocycles. The second-order valence-electron chi connectivity index (χ2n) is 14.5. The summed E-state index contributed by atoms with van der Waals surface area (Å²) < 4.78 is 0. The molecule has 1 unspecified atom stereocenters. The number of rotatable bonds is 4. The normalized spacial score (nSPS) is 13.5. The maximum atomic E-state index is 2.48. The van der Waals surface area contributed by atoms with Gasteiger partial charge in [-0.05, 0) is 147 Å². The van der Waals surface area contributed by atoms with Gasteiger partial charge in [-0.3, -0.25) is 0 Å². The minimum absolute atomic E-state index is 0.142. The summed E-state index contributed by atoms with van der Waals surface area (Å²) in [4.78, 5) is 0. The van der Waals surface area contributed by atoms with E-state index in [1.165, 1.54) is 104 Å². The van der Waals surface area contributed by atoms with Crippen LogP contribution in [-0.4, -0.2) is 0 Å². The molecule has 0 saturated heterocycles. The number of hydrogen-bond donors (Lipinski definition) is 0. The van der Waals surface area contributed by atoms with E-state index in [2.05, 4.69) is 200 Å². The molecular weight excluding hydrogens is 637 g/mol. The van der Waals surface area contributed by atoms with E-state index >= 15 is 0 Å². The Morgan fingerprint density at radius 1 is 0.245 bits per heavy atom. The second-order valence-corrected chi connectivity index (χ2v) is 14.5. The topological polar surface area (TPSA) is 0 Å². The fourth-order valence-electron chi connectivity index (χ4n) is 8.91. The summed E-state index contributed by atoms with van der Waals surface area (Å²) in [7, 11) is 0. The molecule has 0 heterocycles. The number of benzene rings is 10. The fourth-order valence-corrected chi connectivity index (χ4v) is 8.91. The Bertz CT molecular complexity index is 3060. The zero-order valence-corrected chi connectivity index (χ0v) is 29.1. The zero-order chi connectivity index (χ0) is 34.9. The van der Waals surface area contributed by atoms with Gasteiger partial charge in [0.1, 0.15) is 0 Å². The van der Waals surface area contributed by atoms with E-state index in [0.717, 1.165) is 0 Å². The minimum atomic E-state index is 0.142. The minimum Gasteiger partial charge on any atom is -0.0622 e. The first-order chi connectivity index (χ1) is 26.2. The summed E-state index contributed by atoms with van der Waals surface area (Å²) in [6.07, 6.45) is 0. The quantitative estimate of drug-likeness (QED) is 0.175. The molecule has 10 aromatic carbocycles. The van der Waals surface area contributed by atoms with Crippen LogP contribution in [-0.2, 0) is 0 Å². The van der Waals surface area contributed by atoms with Crippen LogP contribution in [0.25, 0.3) is 87.6 Å². The lowest BCUT2D eigenvalue weighted by Gasteiger charge is -2.19. The number of fused-ring (bicyclic) bond motifs is 7. The van der Waals surface area contributed by atoms with Crippen LogP contribution >= 0.6 is 0 Å². The van der Waals surface area contributed by atoms with Gasteiger partial charge in [-0.15, -0.1) is 0 Å². The van der Waals surface area contributed by atoms with Crippen LogP contribution < -0.4 is 0 Å². The van der Waals surface area contributed by atoms with E-state index in [1.54, 1.807) is 0 Å². The van der Waals surface area contributed by atoms with Crippen molar-refractivity contribution in [2.24, 2.45) is 0 Å². The Morgan fingerprint density at radius 2 is 0.849 bits per heavy atom. The molecule has 0 spiro atoms. The summed E-state index contributed by atoms with van der Waals surface area (Å²) in [5, 5.41) is 10.1. The van der Waals surface area contributed by atoms with E-state index in [9.17, 15) is 0 Å². The van der Waals surface area contributed by atoms with Gasteiger partial charge < -0.3 is 0 Å². The monoisotopic (exact) mass is 670 g/mol. The highest BCUT2D eigenvalue weighted by atomic mass is 14.3. The van der Waals surface area contributed by atoms with Crippen molar-refractivity contribution in [3.05, 3.63) is 217 Å². The van der Waals surface area contributed by atoms with Crippen molar-refractivity contribution in [1.82, 2.24) is 0 Å². The SMILES string of the molecule is c1ccc(-c2ccc3cc(-c4cc(C5c6ccccc6-c6cc7ccccc7cc65)cc5ccccc45)cc(-c4ccc5ccccc5c4)c3c2)cc1. The Hall–Kier alpha value is -6.76. The van der Waals surface area contributed by atoms with Gasteiger partial charge in [-0.25, -0.2) is 0 Å². The van der Waals surface area contributed by atoms with Gasteiger partial charge in [0.2, 0.25) is 0 Å². The van der Waals surface area contributed by atoms with Gasteiger partial charge in [-0.1, -0.05) is 158 Å². The van der Waals surface area contributed by atoms with Crippen molar-refractivity contribution >= 4 is 43.1 Å². The first kappa shape index (κ1) is 29.9. The van der Waals surface area contributed by atoms with Crippen molar-refractivity contribution in [3.8, 4) is 44.5 Å². The van der Waals surface area contributed by atoms with E-state index in [4.69, 9.17) is 0 Å². The van der Waals surface area contributed by atoms with Gasteiger partial charge in [0.05, 0.1) is 0 Å². The molecule has 0 N–H and O–H groups in total. The van der Waals surface area contributed by atoms with Gasteiger partial charge in [0, 0.05) is 5.92 Å². The largest absolute Gasteiger partial charge is 0.0622 e. The molecule has 10 aromatic rings. The molecule has 0 bridgehead atoms. The van der Waals surface area contributed by atoms with Crippen molar-refractivity contribution in [2.75, 3.05) is 0 Å². The van der Waals surface area contributed by atoms with Gasteiger partial charge in [0.15, 0.2) is 0 Å². The predicted molar refractivity (Wildman–Crippen MR) is 226 cm³/mol. The molecule has 1 aliphatic rings. The van der Waals surface area contributed by atoms with Crippen LogP contribution in [0.3, 0.4) is 0 Å². The second kappa shape index (κ2) is 11.9. The van der Waals surface area contributed by atoms with E-state index in [-0.39, 0.29) is 5.92 Å². The lowest BCUT2D eigenvalue weighted by atomic mass is 9.84. The van der Waals surface area contributed by atoms with E-state index in [1.807, 2.05) is 0 Å². The van der Waals surface area contributed by atoms with Gasteiger partial charge in [0.25, 0.3) is 0 Å². The summed E-state index contributed by atoms with van der Waals surface area (Å²) in [6.45, 7) is 0. The van der Waals surface area contributed by atoms with Crippen LogP contribution in [0.5, 0.6) is 0 Å². The van der Waals surface area contributed by atoms with E-state index < -0.39 is 0 Å². The molecule has 0 heteroatoms. The van der Waals surface area contributed by atoms with Crippen molar-refractivity contribution in [3.63, 3.8) is 0 Å². The van der Waals surface area contributed by atoms with Crippen LogP contribution in [0, 0.1) is 0 Å². The lowest BCUT2D eigenvalue weighted by molar-refractivity contribution is 1.02. The first-order valence-electron chi connectivity index (χ1n) is 18.5. The average molecular weight is 671 g/mol. The molecule has 53 heavy (non-hydrogen) atoms. The summed E-state index contributed by atoms with van der Waals surface area (Å²) in [5.74, 6) is 0.142.